The second-order valence-corrected chi connectivity index (χ2v) is 8.45. The fourth-order valence-corrected chi connectivity index (χ4v) is 4.41. The highest BCUT2D eigenvalue weighted by atomic mass is 79.9. The van der Waals surface area contributed by atoms with Gasteiger partial charge in [-0.3, -0.25) is 0 Å². The van der Waals surface area contributed by atoms with Crippen molar-refractivity contribution < 1.29 is 14.0 Å². The molecule has 0 aliphatic rings. The van der Waals surface area contributed by atoms with E-state index in [4.69, 9.17) is 9.59 Å². The summed E-state index contributed by atoms with van der Waals surface area (Å²) in [4.78, 5) is 17.3. The molecule has 1 aromatic heterocycles. The lowest BCUT2D eigenvalue weighted by Gasteiger charge is -2.07. The maximum atomic E-state index is 12.8. The van der Waals surface area contributed by atoms with Gasteiger partial charge in [0.25, 0.3) is 0 Å². The summed E-state index contributed by atoms with van der Waals surface area (Å²) < 4.78 is 15.1. The Morgan fingerprint density at radius 1 is 1.11 bits per heavy atom. The van der Waals surface area contributed by atoms with E-state index in [9.17, 15) is 4.39 Å². The van der Waals surface area contributed by atoms with Gasteiger partial charge in [0.05, 0.1) is 0 Å². The number of rotatable bonds is 3. The lowest BCUT2D eigenvalue weighted by atomic mass is 10.1. The highest BCUT2D eigenvalue weighted by Crippen LogP contribution is 2.30. The Hall–Kier alpha value is -1.70. The van der Waals surface area contributed by atoms with E-state index in [2.05, 4.69) is 52.6 Å². The van der Waals surface area contributed by atoms with Gasteiger partial charge < -0.3 is 14.9 Å². The van der Waals surface area contributed by atoms with Crippen molar-refractivity contribution in [3.05, 3.63) is 62.7 Å². The van der Waals surface area contributed by atoms with Crippen LogP contribution in [0.15, 0.2) is 40.9 Å². The lowest BCUT2D eigenvalue weighted by Crippen LogP contribution is -1.93. The average molecular weight is 486 g/mol. The van der Waals surface area contributed by atoms with Crippen molar-refractivity contribution in [3.63, 3.8) is 0 Å². The molecular weight excluding hydrogens is 461 g/mol. The van der Waals surface area contributed by atoms with E-state index in [0.29, 0.717) is 0 Å². The molecule has 0 atom stereocenters. The van der Waals surface area contributed by atoms with Crippen molar-refractivity contribution in [1.29, 1.82) is 0 Å². The quantitative estimate of drug-likeness (QED) is 0.451. The van der Waals surface area contributed by atoms with Gasteiger partial charge in [0.15, 0.2) is 0 Å². The van der Waals surface area contributed by atoms with Gasteiger partial charge in [-0.1, -0.05) is 15.9 Å². The zero-order chi connectivity index (χ0) is 21.7. The number of benzene rings is 2. The molecule has 3 rings (SSSR count). The monoisotopic (exact) mass is 485 g/mol. The Bertz CT molecular complexity index is 869. The molecule has 28 heavy (non-hydrogen) atoms. The Labute approximate surface area is 182 Å². The molecule has 1 N–H and O–H groups in total. The second kappa shape index (κ2) is 14.3. The number of fused-ring (bicyclic) bond motifs is 1. The Morgan fingerprint density at radius 2 is 1.75 bits per heavy atom. The fourth-order valence-electron chi connectivity index (χ4n) is 2.40. The van der Waals surface area contributed by atoms with Gasteiger partial charge in [0, 0.05) is 32.5 Å². The second-order valence-electron chi connectivity index (χ2n) is 5.41. The van der Waals surface area contributed by atoms with Gasteiger partial charge in [-0.2, -0.15) is 11.8 Å². The summed E-state index contributed by atoms with van der Waals surface area (Å²) in [5, 5.41) is 4.23. The van der Waals surface area contributed by atoms with E-state index in [1.165, 1.54) is 32.5 Å². The first-order valence-corrected chi connectivity index (χ1v) is 11.1. The van der Waals surface area contributed by atoms with Crippen LogP contribution in [0.25, 0.3) is 10.1 Å². The normalized spacial score (nSPS) is 9.21. The Balaban J connectivity index is 0.000000443. The minimum atomic E-state index is -0.150. The zero-order valence-electron chi connectivity index (χ0n) is 16.5. The summed E-state index contributed by atoms with van der Waals surface area (Å²) in [7, 11) is 1.95. The predicted octanol–water partition coefficient (Wildman–Crippen LogP) is 6.64. The first kappa shape index (κ1) is 26.3. The smallest absolute Gasteiger partial charge is 0.123 e. The third-order valence-corrected chi connectivity index (χ3v) is 6.05. The highest BCUT2D eigenvalue weighted by Gasteiger charge is 2.04. The van der Waals surface area contributed by atoms with Gasteiger partial charge in [0.1, 0.15) is 19.4 Å². The van der Waals surface area contributed by atoms with Crippen LogP contribution in [0.1, 0.15) is 16.0 Å². The van der Waals surface area contributed by atoms with Crippen LogP contribution in [0.3, 0.4) is 0 Å². The van der Waals surface area contributed by atoms with E-state index >= 15 is 0 Å². The summed E-state index contributed by atoms with van der Waals surface area (Å²) in [6.45, 7) is 8.10. The molecule has 152 valence electrons. The molecule has 0 radical (unpaired) electrons. The van der Waals surface area contributed by atoms with Gasteiger partial charge >= 0.3 is 0 Å². The summed E-state index contributed by atoms with van der Waals surface area (Å²) in [5.41, 5.74) is 3.77. The summed E-state index contributed by atoms with van der Waals surface area (Å²) in [6.07, 6.45) is 2.11. The first-order chi connectivity index (χ1) is 13.5. The Kier molecular flexibility index (Phi) is 13.5. The first-order valence-electron chi connectivity index (χ1n) is 8.14. The number of carbonyl (C=O) groups excluding carboxylic acids is 2. The van der Waals surface area contributed by atoms with Crippen LogP contribution in [0.5, 0.6) is 0 Å². The molecule has 0 saturated heterocycles. The minimum Gasteiger partial charge on any atom is -0.388 e. The zero-order valence-corrected chi connectivity index (χ0v) is 19.7. The number of aryl methyl sites for hydroxylation is 2. The van der Waals surface area contributed by atoms with E-state index < -0.39 is 0 Å². The van der Waals surface area contributed by atoms with Crippen LogP contribution < -0.4 is 5.32 Å². The van der Waals surface area contributed by atoms with Gasteiger partial charge in [0.2, 0.25) is 0 Å². The molecule has 0 aliphatic heterocycles. The summed E-state index contributed by atoms with van der Waals surface area (Å²) in [6, 6.07) is 11.3. The highest BCUT2D eigenvalue weighted by molar-refractivity contribution is 9.10. The molecule has 3 nitrogen and oxygen atoms in total. The van der Waals surface area contributed by atoms with Crippen molar-refractivity contribution in [3.8, 4) is 0 Å². The number of thiophene rings is 1. The lowest BCUT2D eigenvalue weighted by molar-refractivity contribution is -0.0987. The van der Waals surface area contributed by atoms with Crippen LogP contribution in [0, 0.1) is 19.7 Å². The van der Waals surface area contributed by atoms with E-state index in [1.807, 2.05) is 45.4 Å². The van der Waals surface area contributed by atoms with Crippen molar-refractivity contribution in [2.45, 2.75) is 19.6 Å². The molecule has 0 spiro atoms. The van der Waals surface area contributed by atoms with Crippen LogP contribution in [-0.2, 0) is 15.3 Å². The number of hydrogen-bond acceptors (Lipinski definition) is 5. The molecule has 2 aromatic carbocycles. The minimum absolute atomic E-state index is 0.150. The number of halogens is 2. The van der Waals surface area contributed by atoms with Gasteiger partial charge in [-0.15, -0.1) is 11.3 Å². The molecule has 7 heteroatoms. The number of anilines is 1. The molecule has 0 unspecified atom stereocenters. The molecule has 3 aromatic rings. The van der Waals surface area contributed by atoms with Gasteiger partial charge in [-0.25, -0.2) is 4.39 Å². The molecule has 0 bridgehead atoms. The van der Waals surface area contributed by atoms with Crippen LogP contribution in [0.2, 0.25) is 0 Å². The topological polar surface area (TPSA) is 46.2 Å². The van der Waals surface area contributed by atoms with Crippen molar-refractivity contribution in [1.82, 2.24) is 0 Å². The summed E-state index contributed by atoms with van der Waals surface area (Å²) in [5.74, 6) is 0.902. The third-order valence-electron chi connectivity index (χ3n) is 3.77. The maximum Gasteiger partial charge on any atom is 0.123 e. The van der Waals surface area contributed by atoms with Crippen LogP contribution >= 0.6 is 39.0 Å². The van der Waals surface area contributed by atoms with E-state index in [-0.39, 0.29) is 5.82 Å². The molecule has 0 amide bonds. The van der Waals surface area contributed by atoms with Crippen molar-refractivity contribution >= 4 is 68.4 Å². The molecule has 0 saturated carbocycles. The fraction of sp³-hybridized carbons (Fsp3) is 0.238. The standard InChI is InChI=1S/C10H9FS.C9H12BrNS.2CH2O/c1-6-7(2)12-10-4-3-8(11)5-9(6)10;1-11-9-4-3-8(10)5-7(9)6-12-2;2*1-2/h3-5H,1-2H3;3-5,11H,6H2,1-2H3;2*1H2. The molecule has 0 fully saturated rings. The number of hydrogen-bond donors (Lipinski definition) is 1. The predicted molar refractivity (Wildman–Crippen MR) is 126 cm³/mol. The summed E-state index contributed by atoms with van der Waals surface area (Å²) >= 11 is 7.01. The molecule has 0 aliphatic carbocycles. The average Bonchev–Trinajstić information content (AvgIpc) is 3.00. The Morgan fingerprint density at radius 3 is 2.32 bits per heavy atom. The van der Waals surface area contributed by atoms with E-state index in [0.717, 1.165) is 15.6 Å². The number of thioether (sulfide) groups is 1. The number of nitrogens with one attached hydrogen (secondary N) is 1. The van der Waals surface area contributed by atoms with Gasteiger partial charge in [-0.05, 0) is 73.0 Å². The van der Waals surface area contributed by atoms with Crippen LogP contribution in [0.4, 0.5) is 10.1 Å². The maximum absolute atomic E-state index is 12.8. The van der Waals surface area contributed by atoms with Crippen LogP contribution in [-0.4, -0.2) is 26.9 Å². The number of carbonyl (C=O) groups is 2. The SMILES string of the molecule is C=O.C=O.CNc1ccc(Br)cc1CSC.Cc1sc2ccc(F)cc2c1C. The third kappa shape index (κ3) is 7.73. The largest absolute Gasteiger partial charge is 0.388 e. The van der Waals surface area contributed by atoms with E-state index in [1.54, 1.807) is 17.4 Å². The van der Waals surface area contributed by atoms with Crippen molar-refractivity contribution in [2.24, 2.45) is 0 Å². The molecular formula is C21H25BrFNO2S2. The molecule has 1 heterocycles. The van der Waals surface area contributed by atoms with Crippen molar-refractivity contribution in [2.75, 3.05) is 18.6 Å².